The average Bonchev–Trinajstić information content (AvgIpc) is 3.23. The minimum Gasteiger partial charge on any atom is -0.489 e. The number of aryl methyl sites for hydroxylation is 1. The number of halogens is 1. The highest BCUT2D eigenvalue weighted by Crippen LogP contribution is 2.49. The summed E-state index contributed by atoms with van der Waals surface area (Å²) >= 11 is 8.59. The minimum absolute atomic E-state index is 0.0287. The van der Waals surface area contributed by atoms with E-state index in [1.165, 1.54) is 20.0 Å². The van der Waals surface area contributed by atoms with Crippen LogP contribution in [0.3, 0.4) is 0 Å². The summed E-state index contributed by atoms with van der Waals surface area (Å²) in [5, 5.41) is 5.61. The summed E-state index contributed by atoms with van der Waals surface area (Å²) in [6.07, 6.45) is 2.59. The molecular weight excluding hydrogens is 841 g/mol. The maximum Gasteiger partial charge on any atom is 0.408 e. The van der Waals surface area contributed by atoms with E-state index in [-0.39, 0.29) is 11.6 Å². The van der Waals surface area contributed by atoms with Gasteiger partial charge in [-0.3, -0.25) is 4.57 Å². The lowest BCUT2D eigenvalue weighted by molar-refractivity contribution is 0.0437. The maximum atomic E-state index is 13.8. The van der Waals surface area contributed by atoms with Gasteiger partial charge in [0.05, 0.1) is 12.1 Å². The number of ether oxygens (including phenoxy) is 2. The lowest BCUT2D eigenvalue weighted by Crippen LogP contribution is -2.68. The zero-order valence-corrected chi connectivity index (χ0v) is 39.9. The normalized spacial score (nSPS) is 13.5. The van der Waals surface area contributed by atoms with Gasteiger partial charge < -0.3 is 28.3 Å². The monoisotopic (exact) mass is 899 g/mol. The van der Waals surface area contributed by atoms with Crippen LogP contribution in [0.2, 0.25) is 10.1 Å². The number of rotatable bonds is 19. The molecule has 0 spiro atoms. The molecular formula is C49H59ClNO7PSSi. The number of carbonyl (C=O) groups excluding carboxylic acids is 1. The number of hydrogen-bond acceptors (Lipinski definition) is 8. The SMILES string of the molecule is COP(=O)(C=CC(CCCc1ccc(Sc2cccc(OCc3ccccc3)c2)cc1Cl)(CO[Si](c1ccccc1)(c1ccccc1)C(C)(C)C)NC(=O)OC(C)(C)C)OC. The molecule has 0 heterocycles. The molecule has 1 unspecified atom stereocenters. The van der Waals surface area contributed by atoms with E-state index in [2.05, 4.69) is 56.4 Å². The molecule has 0 aliphatic heterocycles. The Kier molecular flexibility index (Phi) is 16.7. The second-order valence-corrected chi connectivity index (χ2v) is 24.9. The topological polar surface area (TPSA) is 92.3 Å². The molecule has 0 saturated carbocycles. The van der Waals surface area contributed by atoms with Crippen LogP contribution in [0.5, 0.6) is 5.75 Å². The van der Waals surface area contributed by atoms with Gasteiger partial charge >= 0.3 is 13.7 Å². The van der Waals surface area contributed by atoms with E-state index in [0.717, 1.165) is 37.0 Å². The van der Waals surface area contributed by atoms with Crippen molar-refractivity contribution in [2.45, 2.75) is 93.4 Å². The van der Waals surface area contributed by atoms with Gasteiger partial charge in [-0.1, -0.05) is 147 Å². The Bertz CT molecular complexity index is 2200. The predicted molar refractivity (Wildman–Crippen MR) is 252 cm³/mol. The lowest BCUT2D eigenvalue weighted by atomic mass is 9.92. The summed E-state index contributed by atoms with van der Waals surface area (Å²) < 4.78 is 43.6. The van der Waals surface area contributed by atoms with Crippen LogP contribution in [-0.4, -0.2) is 46.4 Å². The van der Waals surface area contributed by atoms with Crippen molar-refractivity contribution in [1.82, 2.24) is 5.32 Å². The van der Waals surface area contributed by atoms with E-state index in [1.54, 1.807) is 17.8 Å². The van der Waals surface area contributed by atoms with Crippen LogP contribution in [0.4, 0.5) is 4.79 Å². The summed E-state index contributed by atoms with van der Waals surface area (Å²) in [7, 11) is -4.13. The van der Waals surface area contributed by atoms with Crippen molar-refractivity contribution in [3.8, 4) is 5.75 Å². The molecule has 0 aliphatic carbocycles. The first-order chi connectivity index (χ1) is 29.0. The highest BCUT2D eigenvalue weighted by Gasteiger charge is 2.51. The van der Waals surface area contributed by atoms with Crippen molar-refractivity contribution in [2.75, 3.05) is 20.8 Å². The lowest BCUT2D eigenvalue weighted by Gasteiger charge is -2.45. The molecule has 5 aromatic rings. The summed E-state index contributed by atoms with van der Waals surface area (Å²) in [6, 6.07) is 44.8. The molecule has 0 radical (unpaired) electrons. The van der Waals surface area contributed by atoms with E-state index in [1.807, 2.05) is 124 Å². The largest absolute Gasteiger partial charge is 0.489 e. The highest BCUT2D eigenvalue weighted by atomic mass is 35.5. The van der Waals surface area contributed by atoms with Gasteiger partial charge in [-0.25, -0.2) is 4.79 Å². The van der Waals surface area contributed by atoms with E-state index in [4.69, 9.17) is 34.5 Å². The van der Waals surface area contributed by atoms with Crippen molar-refractivity contribution in [1.29, 1.82) is 0 Å². The van der Waals surface area contributed by atoms with Gasteiger partial charge in [0.2, 0.25) is 0 Å². The summed E-state index contributed by atoms with van der Waals surface area (Å²) in [5.74, 6) is 2.19. The number of amides is 1. The molecule has 0 saturated heterocycles. The molecule has 0 bridgehead atoms. The van der Waals surface area contributed by atoms with Gasteiger partial charge in [0, 0.05) is 34.9 Å². The molecule has 1 amide bonds. The van der Waals surface area contributed by atoms with Crippen LogP contribution in [0.15, 0.2) is 155 Å². The van der Waals surface area contributed by atoms with Gasteiger partial charge in [-0.2, -0.15) is 0 Å². The molecule has 0 aromatic heterocycles. The fourth-order valence-corrected chi connectivity index (χ4v) is 13.9. The molecule has 5 rings (SSSR count). The summed E-state index contributed by atoms with van der Waals surface area (Å²) in [4.78, 5) is 15.8. The van der Waals surface area contributed by atoms with Gasteiger partial charge in [0.15, 0.2) is 0 Å². The standard InChI is InChI=1S/C49H59ClNO7PSSi/c1-47(2,3)58-46(52)51-49(32-33-59(53,54-7)55-8,37-57-61(48(4,5)6,43-25-14-10-15-26-43)44-27-16-11-17-28-44)31-19-22-39-29-30-42(35-45(39)50)60-41-24-18-23-40(34-41)56-36-38-20-12-9-13-21-38/h9-18,20-21,23-30,32-35H,19,22,31,36-37H2,1-8H3,(H,51,52). The summed E-state index contributed by atoms with van der Waals surface area (Å²) in [6.45, 7) is 12.5. The van der Waals surface area contributed by atoms with Gasteiger partial charge in [0.1, 0.15) is 18.0 Å². The smallest absolute Gasteiger partial charge is 0.408 e. The Hall–Kier alpha value is -4.12. The first-order valence-electron chi connectivity index (χ1n) is 20.4. The fraction of sp³-hybridized carbons (Fsp3) is 0.327. The fourth-order valence-electron chi connectivity index (χ4n) is 7.17. The van der Waals surface area contributed by atoms with Crippen LogP contribution in [0.25, 0.3) is 0 Å². The molecule has 0 fully saturated rings. The van der Waals surface area contributed by atoms with Gasteiger partial charge in [-0.15, -0.1) is 0 Å². The molecule has 5 aromatic carbocycles. The second kappa shape index (κ2) is 21.3. The molecule has 12 heteroatoms. The Morgan fingerprint density at radius 3 is 1.92 bits per heavy atom. The van der Waals surface area contributed by atoms with E-state index in [9.17, 15) is 9.36 Å². The summed E-state index contributed by atoms with van der Waals surface area (Å²) in [5.41, 5.74) is 0.0520. The van der Waals surface area contributed by atoms with Crippen molar-refractivity contribution >= 4 is 55.7 Å². The van der Waals surface area contributed by atoms with Crippen molar-refractivity contribution in [2.24, 2.45) is 0 Å². The number of benzene rings is 5. The first kappa shape index (κ1) is 47.9. The maximum absolute atomic E-state index is 13.8. The zero-order valence-electron chi connectivity index (χ0n) is 36.5. The minimum atomic E-state index is -3.68. The third-order valence-electron chi connectivity index (χ3n) is 10.2. The first-order valence-corrected chi connectivity index (χ1v) is 25.1. The zero-order chi connectivity index (χ0) is 44.2. The molecule has 61 heavy (non-hydrogen) atoms. The van der Waals surface area contributed by atoms with Crippen LogP contribution < -0.4 is 20.4 Å². The Morgan fingerprint density at radius 2 is 1.36 bits per heavy atom. The predicted octanol–water partition coefficient (Wildman–Crippen LogP) is 12.2. The number of alkyl carbamates (subject to hydrolysis) is 1. The van der Waals surface area contributed by atoms with Crippen LogP contribution >= 0.6 is 31.0 Å². The third kappa shape index (κ3) is 13.4. The highest BCUT2D eigenvalue weighted by molar-refractivity contribution is 7.99. The molecule has 1 atom stereocenters. The number of carbonyl (C=O) groups is 1. The van der Waals surface area contributed by atoms with Crippen LogP contribution in [0, 0.1) is 0 Å². The van der Waals surface area contributed by atoms with Crippen molar-refractivity contribution in [3.05, 3.63) is 162 Å². The second-order valence-electron chi connectivity index (χ2n) is 16.9. The number of hydrogen-bond donors (Lipinski definition) is 1. The molecule has 0 aliphatic rings. The van der Waals surface area contributed by atoms with Crippen molar-refractivity contribution < 1.29 is 32.3 Å². The quantitative estimate of drug-likeness (QED) is 0.0647. The Balaban J connectivity index is 1.45. The van der Waals surface area contributed by atoms with Crippen molar-refractivity contribution in [3.63, 3.8) is 0 Å². The van der Waals surface area contributed by atoms with E-state index >= 15 is 0 Å². The van der Waals surface area contributed by atoms with Crippen LogP contribution in [0.1, 0.15) is 65.5 Å². The Morgan fingerprint density at radius 1 is 0.770 bits per heavy atom. The van der Waals surface area contributed by atoms with Gasteiger partial charge in [0.25, 0.3) is 8.32 Å². The molecule has 1 N–H and O–H groups in total. The van der Waals surface area contributed by atoms with Crippen LogP contribution in [-0.2, 0) is 35.8 Å². The van der Waals surface area contributed by atoms with Gasteiger partial charge in [-0.05, 0) is 103 Å². The third-order valence-corrected chi connectivity index (χ3v) is 18.0. The van der Waals surface area contributed by atoms with E-state index in [0.29, 0.717) is 30.9 Å². The molecule has 324 valence electrons. The average molecular weight is 901 g/mol. The number of nitrogens with one attached hydrogen (secondary N) is 1. The molecule has 8 nitrogen and oxygen atoms in total. The Labute approximate surface area is 373 Å². The van der Waals surface area contributed by atoms with E-state index < -0.39 is 33.1 Å².